The summed E-state index contributed by atoms with van der Waals surface area (Å²) >= 11 is 6.36. The summed E-state index contributed by atoms with van der Waals surface area (Å²) < 4.78 is 7.43. The van der Waals surface area contributed by atoms with Crippen molar-refractivity contribution in [2.45, 2.75) is 34.2 Å². The van der Waals surface area contributed by atoms with Crippen LogP contribution in [-0.4, -0.2) is 28.8 Å². The highest BCUT2D eigenvalue weighted by Crippen LogP contribution is 2.22. The van der Waals surface area contributed by atoms with Crippen molar-refractivity contribution in [3.05, 3.63) is 52.3 Å². The lowest BCUT2D eigenvalue weighted by molar-refractivity contribution is -0.116. The van der Waals surface area contributed by atoms with Crippen LogP contribution in [0.25, 0.3) is 6.08 Å². The van der Waals surface area contributed by atoms with Crippen LogP contribution in [0.15, 0.2) is 30.3 Å². The Labute approximate surface area is 160 Å². The summed E-state index contributed by atoms with van der Waals surface area (Å²) in [5.41, 5.74) is 2.66. The van der Waals surface area contributed by atoms with E-state index >= 15 is 0 Å². The van der Waals surface area contributed by atoms with Gasteiger partial charge in [-0.25, -0.2) is 0 Å². The van der Waals surface area contributed by atoms with Crippen molar-refractivity contribution in [2.75, 3.05) is 13.2 Å². The van der Waals surface area contributed by atoms with Gasteiger partial charge in [0, 0.05) is 18.2 Å². The summed E-state index contributed by atoms with van der Waals surface area (Å²) in [7, 11) is 0. The molecule has 0 aliphatic rings. The van der Waals surface area contributed by atoms with Crippen molar-refractivity contribution in [3.8, 4) is 5.75 Å². The van der Waals surface area contributed by atoms with Crippen molar-refractivity contribution in [1.29, 1.82) is 0 Å². The third-order valence-corrected chi connectivity index (χ3v) is 4.20. The Bertz CT molecular complexity index is 781. The Balaban J connectivity index is 1.84. The smallest absolute Gasteiger partial charge is 0.244 e. The van der Waals surface area contributed by atoms with Gasteiger partial charge in [0.1, 0.15) is 17.5 Å². The molecule has 2 aromatic rings. The second-order valence-corrected chi connectivity index (χ2v) is 6.96. The van der Waals surface area contributed by atoms with Gasteiger partial charge in [-0.05, 0) is 37.5 Å². The van der Waals surface area contributed by atoms with E-state index in [2.05, 4.69) is 24.3 Å². The number of carbonyl (C=O) groups excluding carboxylic acids is 1. The van der Waals surface area contributed by atoms with E-state index in [1.165, 1.54) is 6.08 Å². The van der Waals surface area contributed by atoms with E-state index < -0.39 is 0 Å². The highest BCUT2D eigenvalue weighted by molar-refractivity contribution is 6.31. The van der Waals surface area contributed by atoms with Crippen LogP contribution in [0.1, 0.15) is 30.7 Å². The maximum atomic E-state index is 12.0. The standard InChI is InChI=1S/C20H26ClN3O2/c1-14(2)13-24-20(21)17(16(4)23-24)9-10-19(25)22-11-12-26-18-8-6-5-7-15(18)3/h5-10,14H,11-13H2,1-4H3,(H,22,25)/b10-9+. The molecule has 0 bridgehead atoms. The molecular formula is C20H26ClN3O2. The number of nitrogens with one attached hydrogen (secondary N) is 1. The number of hydrogen-bond donors (Lipinski definition) is 1. The Kier molecular flexibility index (Phi) is 7.27. The topological polar surface area (TPSA) is 56.1 Å². The number of aromatic nitrogens is 2. The van der Waals surface area contributed by atoms with E-state index in [9.17, 15) is 4.79 Å². The molecular weight excluding hydrogens is 350 g/mol. The summed E-state index contributed by atoms with van der Waals surface area (Å²) in [6.45, 7) is 9.67. The molecule has 0 aliphatic heterocycles. The first kappa shape index (κ1) is 20.0. The maximum Gasteiger partial charge on any atom is 0.244 e. The molecule has 1 N–H and O–H groups in total. The highest BCUT2D eigenvalue weighted by Gasteiger charge is 2.12. The van der Waals surface area contributed by atoms with E-state index in [1.807, 2.05) is 38.1 Å². The number of para-hydroxylation sites is 1. The van der Waals surface area contributed by atoms with Crippen LogP contribution in [0.5, 0.6) is 5.75 Å². The maximum absolute atomic E-state index is 12.0. The zero-order valence-electron chi connectivity index (χ0n) is 15.8. The Hall–Kier alpha value is -2.27. The van der Waals surface area contributed by atoms with E-state index in [1.54, 1.807) is 10.8 Å². The van der Waals surface area contributed by atoms with Gasteiger partial charge in [-0.2, -0.15) is 5.10 Å². The summed E-state index contributed by atoms with van der Waals surface area (Å²) in [4.78, 5) is 12.0. The van der Waals surface area contributed by atoms with Gasteiger partial charge in [-0.1, -0.05) is 43.6 Å². The summed E-state index contributed by atoms with van der Waals surface area (Å²) in [6, 6.07) is 7.79. The average molecular weight is 376 g/mol. The zero-order chi connectivity index (χ0) is 19.1. The molecule has 1 heterocycles. The van der Waals surface area contributed by atoms with Crippen LogP contribution < -0.4 is 10.1 Å². The van der Waals surface area contributed by atoms with E-state index in [0.717, 1.165) is 29.1 Å². The van der Waals surface area contributed by atoms with Crippen molar-refractivity contribution in [3.63, 3.8) is 0 Å². The molecule has 1 amide bonds. The molecule has 2 rings (SSSR count). The van der Waals surface area contributed by atoms with Crippen LogP contribution in [0, 0.1) is 19.8 Å². The highest BCUT2D eigenvalue weighted by atomic mass is 35.5. The van der Waals surface area contributed by atoms with Crippen LogP contribution in [-0.2, 0) is 11.3 Å². The van der Waals surface area contributed by atoms with E-state index in [0.29, 0.717) is 24.2 Å². The SMILES string of the molecule is Cc1ccccc1OCCNC(=O)/C=C/c1c(C)nn(CC(C)C)c1Cl. The Morgan fingerprint density at radius 3 is 2.77 bits per heavy atom. The quantitative estimate of drug-likeness (QED) is 0.560. The van der Waals surface area contributed by atoms with Gasteiger partial charge in [-0.15, -0.1) is 0 Å². The van der Waals surface area contributed by atoms with Crippen molar-refractivity contribution >= 4 is 23.6 Å². The Morgan fingerprint density at radius 1 is 1.35 bits per heavy atom. The molecule has 0 unspecified atom stereocenters. The fraction of sp³-hybridized carbons (Fsp3) is 0.400. The van der Waals surface area contributed by atoms with Gasteiger partial charge in [0.05, 0.1) is 12.2 Å². The first-order valence-electron chi connectivity index (χ1n) is 8.75. The molecule has 6 heteroatoms. The average Bonchev–Trinajstić information content (AvgIpc) is 2.84. The zero-order valence-corrected chi connectivity index (χ0v) is 16.5. The number of carbonyl (C=O) groups is 1. The molecule has 1 aromatic heterocycles. The van der Waals surface area contributed by atoms with Crippen molar-refractivity contribution in [2.24, 2.45) is 5.92 Å². The second-order valence-electron chi connectivity index (χ2n) is 6.60. The minimum Gasteiger partial charge on any atom is -0.491 e. The molecule has 5 nitrogen and oxygen atoms in total. The third kappa shape index (κ3) is 5.63. The minimum absolute atomic E-state index is 0.189. The van der Waals surface area contributed by atoms with E-state index in [4.69, 9.17) is 16.3 Å². The van der Waals surface area contributed by atoms with Crippen LogP contribution in [0.2, 0.25) is 5.15 Å². The van der Waals surface area contributed by atoms with Crippen molar-refractivity contribution in [1.82, 2.24) is 15.1 Å². The molecule has 0 fully saturated rings. The third-order valence-electron chi connectivity index (χ3n) is 3.80. The minimum atomic E-state index is -0.189. The first-order chi connectivity index (χ1) is 12.4. The predicted molar refractivity (Wildman–Crippen MR) is 106 cm³/mol. The lowest BCUT2D eigenvalue weighted by atomic mass is 10.2. The molecule has 1 aromatic carbocycles. The monoisotopic (exact) mass is 375 g/mol. The molecule has 26 heavy (non-hydrogen) atoms. The molecule has 0 radical (unpaired) electrons. The second kappa shape index (κ2) is 9.43. The number of halogens is 1. The van der Waals surface area contributed by atoms with Gasteiger partial charge in [0.15, 0.2) is 0 Å². The number of ether oxygens (including phenoxy) is 1. The molecule has 140 valence electrons. The molecule has 0 saturated heterocycles. The van der Waals surface area contributed by atoms with Gasteiger partial charge in [0.2, 0.25) is 5.91 Å². The fourth-order valence-electron chi connectivity index (χ4n) is 2.49. The normalized spacial score (nSPS) is 11.3. The van der Waals surface area contributed by atoms with Gasteiger partial charge in [0.25, 0.3) is 0 Å². The predicted octanol–water partition coefficient (Wildman–Crippen LogP) is 4.02. The largest absolute Gasteiger partial charge is 0.491 e. The molecule has 0 atom stereocenters. The molecule has 0 spiro atoms. The molecule has 0 aliphatic carbocycles. The van der Waals surface area contributed by atoms with E-state index in [-0.39, 0.29) is 5.91 Å². The number of hydrogen-bond acceptors (Lipinski definition) is 3. The number of nitrogens with zero attached hydrogens (tertiary/aromatic N) is 2. The van der Waals surface area contributed by atoms with Gasteiger partial charge >= 0.3 is 0 Å². The molecule has 0 saturated carbocycles. The lowest BCUT2D eigenvalue weighted by Crippen LogP contribution is -2.26. The van der Waals surface area contributed by atoms with Gasteiger partial charge in [-0.3, -0.25) is 9.48 Å². The van der Waals surface area contributed by atoms with Crippen LogP contribution in [0.3, 0.4) is 0 Å². The number of benzene rings is 1. The summed E-state index contributed by atoms with van der Waals surface area (Å²) in [6.07, 6.45) is 3.18. The summed E-state index contributed by atoms with van der Waals surface area (Å²) in [5, 5.41) is 7.79. The number of amides is 1. The van der Waals surface area contributed by atoms with Crippen LogP contribution >= 0.6 is 11.6 Å². The van der Waals surface area contributed by atoms with Gasteiger partial charge < -0.3 is 10.1 Å². The first-order valence-corrected chi connectivity index (χ1v) is 9.13. The number of rotatable bonds is 8. The van der Waals surface area contributed by atoms with Crippen molar-refractivity contribution < 1.29 is 9.53 Å². The van der Waals surface area contributed by atoms with Crippen LogP contribution in [0.4, 0.5) is 0 Å². The fourth-order valence-corrected chi connectivity index (χ4v) is 2.80. The Morgan fingerprint density at radius 2 is 2.08 bits per heavy atom. The summed E-state index contributed by atoms with van der Waals surface area (Å²) in [5.74, 6) is 1.09. The lowest BCUT2D eigenvalue weighted by Gasteiger charge is -2.08. The number of aryl methyl sites for hydroxylation is 2.